The zero-order chi connectivity index (χ0) is 20.4. The molecule has 0 saturated heterocycles. The number of hydrogen-bond acceptors (Lipinski definition) is 2. The highest BCUT2D eigenvalue weighted by molar-refractivity contribution is 7.99. The topological polar surface area (TPSA) is 3.24 Å². The molecule has 0 aromatic heterocycles. The number of aryl methyl sites for hydroxylation is 1. The van der Waals surface area contributed by atoms with Crippen molar-refractivity contribution in [2.45, 2.75) is 30.2 Å². The molecule has 0 radical (unpaired) electrons. The summed E-state index contributed by atoms with van der Waals surface area (Å²) < 4.78 is 0.996. The van der Waals surface area contributed by atoms with E-state index in [2.05, 4.69) is 106 Å². The fraction of sp³-hybridized carbons (Fsp3) is 0.308. The molecule has 29 heavy (non-hydrogen) atoms. The molecule has 2 nitrogen and oxygen atoms in total. The lowest BCUT2D eigenvalue weighted by molar-refractivity contribution is -0.906. The molecule has 1 unspecified atom stereocenters. The Bertz CT molecular complexity index is 933. The number of para-hydroxylation sites is 2. The molecule has 0 bridgehead atoms. The summed E-state index contributed by atoms with van der Waals surface area (Å²) in [5, 5.41) is 0. The molecule has 150 valence electrons. The van der Waals surface area contributed by atoms with E-state index in [0.29, 0.717) is 5.92 Å². The van der Waals surface area contributed by atoms with Crippen molar-refractivity contribution in [2.75, 3.05) is 32.1 Å². The van der Waals surface area contributed by atoms with E-state index in [0.717, 1.165) is 24.1 Å². The highest BCUT2D eigenvalue weighted by Gasteiger charge is 2.27. The Morgan fingerprint density at radius 3 is 1.97 bits per heavy atom. The standard InChI is InChI=1S/C26H31N2S/c1-20-13-15-22(16-14-20)19-28(3,4)18-21(2)17-27-23-9-5-7-11-25(23)29-26-12-8-6-10-24(26)27/h5-16,21H,17-19H2,1-4H3/q+1. The summed E-state index contributed by atoms with van der Waals surface area (Å²) in [6.45, 7) is 7.78. The van der Waals surface area contributed by atoms with E-state index in [4.69, 9.17) is 0 Å². The third-order valence-electron chi connectivity index (χ3n) is 5.56. The quantitative estimate of drug-likeness (QED) is 0.432. The van der Waals surface area contributed by atoms with Crippen LogP contribution in [0.1, 0.15) is 18.1 Å². The van der Waals surface area contributed by atoms with Crippen LogP contribution in [0.4, 0.5) is 11.4 Å². The third-order valence-corrected chi connectivity index (χ3v) is 6.69. The number of hydrogen-bond donors (Lipinski definition) is 0. The Kier molecular flexibility index (Phi) is 5.71. The summed E-state index contributed by atoms with van der Waals surface area (Å²) >= 11 is 1.88. The molecule has 0 fully saturated rings. The average Bonchev–Trinajstić information content (AvgIpc) is 2.69. The maximum atomic E-state index is 2.53. The summed E-state index contributed by atoms with van der Waals surface area (Å²) in [7, 11) is 4.70. The predicted molar refractivity (Wildman–Crippen MR) is 125 cm³/mol. The first-order valence-electron chi connectivity index (χ1n) is 10.4. The predicted octanol–water partition coefficient (Wildman–Crippen LogP) is 6.51. The minimum Gasteiger partial charge on any atom is -0.339 e. The molecule has 0 amide bonds. The van der Waals surface area contributed by atoms with Crippen LogP contribution in [0.25, 0.3) is 0 Å². The van der Waals surface area contributed by atoms with Gasteiger partial charge in [0.05, 0.1) is 32.0 Å². The van der Waals surface area contributed by atoms with E-state index in [-0.39, 0.29) is 0 Å². The zero-order valence-corrected chi connectivity index (χ0v) is 18.7. The van der Waals surface area contributed by atoms with Gasteiger partial charge in [0.15, 0.2) is 0 Å². The first-order chi connectivity index (χ1) is 13.9. The lowest BCUT2D eigenvalue weighted by atomic mass is 10.1. The average molecular weight is 404 g/mol. The minimum atomic E-state index is 0.569. The Morgan fingerprint density at radius 2 is 1.38 bits per heavy atom. The monoisotopic (exact) mass is 403 g/mol. The van der Waals surface area contributed by atoms with Crippen LogP contribution >= 0.6 is 11.8 Å². The molecule has 3 aromatic rings. The van der Waals surface area contributed by atoms with E-state index in [1.807, 2.05) is 11.8 Å². The molecule has 0 aliphatic carbocycles. The smallest absolute Gasteiger partial charge is 0.104 e. The highest BCUT2D eigenvalue weighted by Crippen LogP contribution is 2.48. The second-order valence-corrected chi connectivity index (χ2v) is 10.1. The lowest BCUT2D eigenvalue weighted by Crippen LogP contribution is -2.44. The van der Waals surface area contributed by atoms with E-state index in [1.54, 1.807) is 0 Å². The molecular weight excluding hydrogens is 372 g/mol. The SMILES string of the molecule is Cc1ccc(C[N+](C)(C)CC(C)CN2c3ccccc3Sc3ccccc32)cc1. The van der Waals surface area contributed by atoms with Crippen molar-refractivity contribution in [3.8, 4) is 0 Å². The van der Waals surface area contributed by atoms with Gasteiger partial charge in [0.25, 0.3) is 0 Å². The van der Waals surface area contributed by atoms with Gasteiger partial charge in [0.1, 0.15) is 6.54 Å². The van der Waals surface area contributed by atoms with E-state index in [1.165, 1.54) is 32.3 Å². The number of anilines is 2. The van der Waals surface area contributed by atoms with Crippen LogP contribution in [-0.2, 0) is 6.54 Å². The number of rotatable bonds is 6. The van der Waals surface area contributed by atoms with E-state index in [9.17, 15) is 0 Å². The van der Waals surface area contributed by atoms with Crippen molar-refractivity contribution in [1.82, 2.24) is 0 Å². The van der Waals surface area contributed by atoms with E-state index < -0.39 is 0 Å². The van der Waals surface area contributed by atoms with Crippen LogP contribution in [-0.4, -0.2) is 31.7 Å². The number of nitrogens with zero attached hydrogens (tertiary/aromatic N) is 2. The molecular formula is C26H31N2S+. The summed E-state index contributed by atoms with van der Waals surface area (Å²) in [6, 6.07) is 26.6. The van der Waals surface area contributed by atoms with Crippen LogP contribution in [0.15, 0.2) is 82.6 Å². The first kappa shape index (κ1) is 20.1. The summed E-state index contributed by atoms with van der Waals surface area (Å²) in [4.78, 5) is 5.23. The Balaban J connectivity index is 1.51. The van der Waals surface area contributed by atoms with E-state index >= 15 is 0 Å². The fourth-order valence-corrected chi connectivity index (χ4v) is 5.54. The molecule has 0 saturated carbocycles. The van der Waals surface area contributed by atoms with Crippen LogP contribution in [0, 0.1) is 12.8 Å². The van der Waals surface area contributed by atoms with Gasteiger partial charge >= 0.3 is 0 Å². The lowest BCUT2D eigenvalue weighted by Gasteiger charge is -2.37. The largest absolute Gasteiger partial charge is 0.339 e. The Labute approximate surface area is 179 Å². The van der Waals surface area contributed by atoms with Gasteiger partial charge in [0.2, 0.25) is 0 Å². The Morgan fingerprint density at radius 1 is 0.828 bits per heavy atom. The molecule has 1 aliphatic heterocycles. The highest BCUT2D eigenvalue weighted by atomic mass is 32.2. The maximum Gasteiger partial charge on any atom is 0.104 e. The van der Waals surface area contributed by atoms with Gasteiger partial charge < -0.3 is 9.38 Å². The van der Waals surface area contributed by atoms with Gasteiger partial charge in [-0.1, -0.05) is 72.8 Å². The van der Waals surface area contributed by atoms with Crippen molar-refractivity contribution >= 4 is 23.1 Å². The van der Waals surface area contributed by atoms with Crippen LogP contribution in [0.5, 0.6) is 0 Å². The summed E-state index contributed by atoms with van der Waals surface area (Å²) in [5.41, 5.74) is 5.42. The number of fused-ring (bicyclic) bond motifs is 2. The van der Waals surface area contributed by atoms with Gasteiger partial charge in [-0.3, -0.25) is 0 Å². The number of benzene rings is 3. The molecule has 0 N–H and O–H groups in total. The zero-order valence-electron chi connectivity index (χ0n) is 17.9. The minimum absolute atomic E-state index is 0.569. The summed E-state index contributed by atoms with van der Waals surface area (Å²) in [5.74, 6) is 0.569. The number of quaternary nitrogens is 1. The van der Waals surface area contributed by atoms with Crippen LogP contribution < -0.4 is 4.90 Å². The third kappa shape index (κ3) is 4.68. The van der Waals surface area contributed by atoms with Gasteiger partial charge in [0, 0.05) is 27.8 Å². The molecule has 1 atom stereocenters. The van der Waals surface area contributed by atoms with Crippen molar-refractivity contribution in [2.24, 2.45) is 5.92 Å². The molecule has 3 aromatic carbocycles. The van der Waals surface area contributed by atoms with Crippen LogP contribution in [0.3, 0.4) is 0 Å². The summed E-state index contributed by atoms with van der Waals surface area (Å²) in [6.07, 6.45) is 0. The van der Waals surface area contributed by atoms with Crippen LogP contribution in [0.2, 0.25) is 0 Å². The van der Waals surface area contributed by atoms with Gasteiger partial charge in [-0.05, 0) is 31.2 Å². The molecule has 1 heterocycles. The van der Waals surface area contributed by atoms with Gasteiger partial charge in [-0.15, -0.1) is 0 Å². The fourth-order valence-electron chi connectivity index (χ4n) is 4.44. The molecule has 4 rings (SSSR count). The Hall–Kier alpha value is -2.23. The normalized spacial score (nSPS) is 14.3. The van der Waals surface area contributed by atoms with Gasteiger partial charge in [-0.2, -0.15) is 0 Å². The molecule has 1 aliphatic rings. The van der Waals surface area contributed by atoms with Gasteiger partial charge in [-0.25, -0.2) is 0 Å². The second-order valence-electron chi connectivity index (χ2n) is 9.02. The molecule has 3 heteroatoms. The van der Waals surface area contributed by atoms with Crippen molar-refractivity contribution < 1.29 is 4.48 Å². The van der Waals surface area contributed by atoms with Crippen molar-refractivity contribution in [3.63, 3.8) is 0 Å². The first-order valence-corrected chi connectivity index (χ1v) is 11.2. The van der Waals surface area contributed by atoms with Crippen molar-refractivity contribution in [1.29, 1.82) is 0 Å². The van der Waals surface area contributed by atoms with Crippen molar-refractivity contribution in [3.05, 3.63) is 83.9 Å². The molecule has 0 spiro atoms. The maximum absolute atomic E-state index is 2.53. The second kappa shape index (κ2) is 8.25.